The average Bonchev–Trinajstić information content (AvgIpc) is 3.54. The molecule has 0 radical (unpaired) electrons. The van der Waals surface area contributed by atoms with E-state index in [1.165, 1.54) is 11.1 Å². The molecule has 0 fully saturated rings. The van der Waals surface area contributed by atoms with Crippen LogP contribution in [0.2, 0.25) is 18.1 Å². The third-order valence-corrected chi connectivity index (χ3v) is 12.7. The molecular weight excluding hydrogens is 542 g/mol. The van der Waals surface area contributed by atoms with Gasteiger partial charge in [-0.15, -0.1) is 10.2 Å². The van der Waals surface area contributed by atoms with E-state index in [0.717, 1.165) is 53.5 Å². The molecule has 9 heteroatoms. The number of rotatable bonds is 14. The summed E-state index contributed by atoms with van der Waals surface area (Å²) in [7, 11) is -0.109. The summed E-state index contributed by atoms with van der Waals surface area (Å²) in [5.74, 6) is 2.36. The summed E-state index contributed by atoms with van der Waals surface area (Å²) in [5.41, 5.74) is 5.31. The lowest BCUT2D eigenvalue weighted by Crippen LogP contribution is -2.40. The van der Waals surface area contributed by atoms with Crippen LogP contribution in [0.3, 0.4) is 0 Å². The lowest BCUT2D eigenvalue weighted by atomic mass is 10.1. The van der Waals surface area contributed by atoms with E-state index in [-0.39, 0.29) is 5.04 Å². The third kappa shape index (κ3) is 7.69. The van der Waals surface area contributed by atoms with Gasteiger partial charge in [0.15, 0.2) is 19.9 Å². The van der Waals surface area contributed by atoms with Crippen molar-refractivity contribution in [2.45, 2.75) is 91.7 Å². The summed E-state index contributed by atoms with van der Waals surface area (Å²) in [5, 5.41) is 13.9. The topological polar surface area (TPSA) is 76.2 Å². The molecule has 0 aliphatic carbocycles. The molecule has 0 saturated heterocycles. The number of unbranched alkanes of at least 4 members (excludes halogenated alkanes) is 1. The Morgan fingerprint density at radius 3 is 2.24 bits per heavy atom. The first kappa shape index (κ1) is 31.5. The number of hydrogen-bond donors (Lipinski definition) is 0. The molecule has 2 aromatic carbocycles. The molecule has 0 aliphatic heterocycles. The Bertz CT molecular complexity index is 1420. The van der Waals surface area contributed by atoms with E-state index in [9.17, 15) is 0 Å². The Kier molecular flexibility index (Phi) is 10.3. The van der Waals surface area contributed by atoms with Crippen molar-refractivity contribution in [3.05, 3.63) is 77.2 Å². The minimum absolute atomic E-state index is 0.199. The Hall–Kier alpha value is -3.43. The van der Waals surface area contributed by atoms with Crippen LogP contribution in [-0.2, 0) is 30.5 Å². The molecule has 4 aromatic rings. The van der Waals surface area contributed by atoms with Gasteiger partial charge >= 0.3 is 0 Å². The first-order valence-electron chi connectivity index (χ1n) is 15.0. The molecule has 0 bridgehead atoms. The first-order valence-corrected chi connectivity index (χ1v) is 17.9. The largest absolute Gasteiger partial charge is 0.497 e. The highest BCUT2D eigenvalue weighted by Crippen LogP contribution is 2.37. The van der Waals surface area contributed by atoms with E-state index >= 15 is 0 Å². The van der Waals surface area contributed by atoms with E-state index in [0.29, 0.717) is 26.3 Å². The summed E-state index contributed by atoms with van der Waals surface area (Å²) < 4.78 is 22.1. The van der Waals surface area contributed by atoms with Crippen molar-refractivity contribution in [3.63, 3.8) is 0 Å². The van der Waals surface area contributed by atoms with Crippen LogP contribution in [-0.4, -0.2) is 46.6 Å². The van der Waals surface area contributed by atoms with Crippen LogP contribution >= 0.6 is 0 Å². The number of hydrogen-bond acceptors (Lipinski definition) is 6. The maximum absolute atomic E-state index is 6.42. The molecule has 226 valence electrons. The Labute approximate surface area is 252 Å². The van der Waals surface area contributed by atoms with Crippen LogP contribution in [0.4, 0.5) is 0 Å². The standard InChI is InChI=1S/C33H47N5O3Si/c1-9-10-21-40-31-25(2)36-38(20-19-26-11-13-28(14-12-26)23-41-42(7,8)33(3,4)5)30(31)32-35-34-24-37(32)22-27-15-17-29(39-6)18-16-27/h11-18,24H,9-10,19-23H2,1-8H3. The lowest BCUT2D eigenvalue weighted by Gasteiger charge is -2.36. The second-order valence-corrected chi connectivity index (χ2v) is 17.2. The third-order valence-electron chi connectivity index (χ3n) is 8.20. The summed E-state index contributed by atoms with van der Waals surface area (Å²) in [6, 6.07) is 16.8. The van der Waals surface area contributed by atoms with Gasteiger partial charge in [0, 0.05) is 6.54 Å². The highest BCUT2D eigenvalue weighted by atomic mass is 28.4. The van der Waals surface area contributed by atoms with Crippen molar-refractivity contribution in [1.82, 2.24) is 24.5 Å². The van der Waals surface area contributed by atoms with E-state index in [2.05, 4.69) is 92.0 Å². The number of benzene rings is 2. The fourth-order valence-electron chi connectivity index (χ4n) is 4.43. The predicted octanol–water partition coefficient (Wildman–Crippen LogP) is 7.45. The highest BCUT2D eigenvalue weighted by molar-refractivity contribution is 6.74. The zero-order valence-electron chi connectivity index (χ0n) is 26.6. The second-order valence-electron chi connectivity index (χ2n) is 12.4. The van der Waals surface area contributed by atoms with Crippen molar-refractivity contribution in [2.75, 3.05) is 13.7 Å². The molecule has 2 aromatic heterocycles. The van der Waals surface area contributed by atoms with Gasteiger partial charge in [0.25, 0.3) is 0 Å². The number of ether oxygens (including phenoxy) is 2. The smallest absolute Gasteiger partial charge is 0.192 e. The Morgan fingerprint density at radius 2 is 1.60 bits per heavy atom. The summed E-state index contributed by atoms with van der Waals surface area (Å²) in [4.78, 5) is 0. The molecule has 0 unspecified atom stereocenters. The minimum Gasteiger partial charge on any atom is -0.497 e. The quantitative estimate of drug-likeness (QED) is 0.112. The molecule has 8 nitrogen and oxygen atoms in total. The molecule has 0 amide bonds. The molecular formula is C33H47N5O3Si. The minimum atomic E-state index is -1.78. The summed E-state index contributed by atoms with van der Waals surface area (Å²) in [6.07, 6.45) is 4.65. The van der Waals surface area contributed by atoms with Crippen LogP contribution in [0.1, 0.15) is 62.9 Å². The molecule has 0 aliphatic rings. The number of nitrogens with zero attached hydrogens (tertiary/aromatic N) is 5. The van der Waals surface area contributed by atoms with Crippen LogP contribution in [0.25, 0.3) is 11.5 Å². The molecule has 4 rings (SSSR count). The van der Waals surface area contributed by atoms with Crippen LogP contribution in [0.15, 0.2) is 54.9 Å². The summed E-state index contributed by atoms with van der Waals surface area (Å²) >= 11 is 0. The monoisotopic (exact) mass is 589 g/mol. The Balaban J connectivity index is 1.53. The van der Waals surface area contributed by atoms with E-state index in [1.54, 1.807) is 13.4 Å². The molecule has 0 spiro atoms. The van der Waals surface area contributed by atoms with Gasteiger partial charge in [-0.3, -0.25) is 4.68 Å². The van der Waals surface area contributed by atoms with Gasteiger partial charge in [-0.05, 0) is 66.7 Å². The van der Waals surface area contributed by atoms with Gasteiger partial charge in [0.05, 0.1) is 26.9 Å². The van der Waals surface area contributed by atoms with E-state index in [1.807, 2.05) is 23.7 Å². The SMILES string of the molecule is CCCCOc1c(C)nn(CCc2ccc(CO[Si](C)(C)C(C)(C)C)cc2)c1-c1nncn1Cc1ccc(OC)cc1. The molecule has 42 heavy (non-hydrogen) atoms. The maximum atomic E-state index is 6.42. The molecule has 2 heterocycles. The zero-order valence-corrected chi connectivity index (χ0v) is 27.6. The van der Waals surface area contributed by atoms with E-state index < -0.39 is 8.32 Å². The van der Waals surface area contributed by atoms with E-state index in [4.69, 9.17) is 19.0 Å². The van der Waals surface area contributed by atoms with Gasteiger partial charge in [-0.2, -0.15) is 5.10 Å². The normalized spacial score (nSPS) is 12.1. The van der Waals surface area contributed by atoms with Crippen LogP contribution in [0, 0.1) is 6.92 Å². The van der Waals surface area contributed by atoms with Gasteiger partial charge in [0.1, 0.15) is 23.5 Å². The predicted molar refractivity (Wildman–Crippen MR) is 171 cm³/mol. The van der Waals surface area contributed by atoms with Crippen LogP contribution in [0.5, 0.6) is 11.5 Å². The van der Waals surface area contributed by atoms with Crippen LogP contribution < -0.4 is 9.47 Å². The van der Waals surface area contributed by atoms with Crippen molar-refractivity contribution >= 4 is 8.32 Å². The number of methoxy groups -OCH3 is 1. The fraction of sp³-hybridized carbons (Fsp3) is 0.485. The number of aromatic nitrogens is 5. The van der Waals surface area contributed by atoms with Crippen molar-refractivity contribution in [1.29, 1.82) is 0 Å². The number of aryl methyl sites for hydroxylation is 3. The highest BCUT2D eigenvalue weighted by Gasteiger charge is 2.37. The van der Waals surface area contributed by atoms with Gasteiger partial charge in [0.2, 0.25) is 0 Å². The van der Waals surface area contributed by atoms with Gasteiger partial charge in [-0.1, -0.05) is 70.5 Å². The van der Waals surface area contributed by atoms with Crippen molar-refractivity contribution in [3.8, 4) is 23.0 Å². The van der Waals surface area contributed by atoms with Gasteiger partial charge in [-0.25, -0.2) is 0 Å². The zero-order chi connectivity index (χ0) is 30.3. The van der Waals surface area contributed by atoms with Crippen molar-refractivity contribution in [2.24, 2.45) is 0 Å². The second kappa shape index (κ2) is 13.7. The van der Waals surface area contributed by atoms with Crippen molar-refractivity contribution < 1.29 is 13.9 Å². The van der Waals surface area contributed by atoms with Gasteiger partial charge < -0.3 is 18.5 Å². The Morgan fingerprint density at radius 1 is 0.929 bits per heavy atom. The summed E-state index contributed by atoms with van der Waals surface area (Å²) in [6.45, 7) is 18.2. The average molecular weight is 590 g/mol. The molecule has 0 saturated carbocycles. The molecule has 0 N–H and O–H groups in total. The first-order chi connectivity index (χ1) is 20.0. The lowest BCUT2D eigenvalue weighted by molar-refractivity contribution is 0.276. The fourth-order valence-corrected chi connectivity index (χ4v) is 5.39. The molecule has 0 atom stereocenters. The maximum Gasteiger partial charge on any atom is 0.192 e.